The van der Waals surface area contributed by atoms with E-state index in [4.69, 9.17) is 12.2 Å². The fourth-order valence-electron chi connectivity index (χ4n) is 1.76. The summed E-state index contributed by atoms with van der Waals surface area (Å²) in [6.45, 7) is 4.65. The monoisotopic (exact) mass is 295 g/mol. The van der Waals surface area contributed by atoms with Crippen molar-refractivity contribution in [2.24, 2.45) is 5.92 Å². The third-order valence-electron chi connectivity index (χ3n) is 2.61. The number of halogens is 1. The van der Waals surface area contributed by atoms with E-state index < -0.39 is 0 Å². The molecule has 1 aliphatic heterocycles. The largest absolute Gasteiger partial charge is 0.293 e. The van der Waals surface area contributed by atoms with Gasteiger partial charge in [0.2, 0.25) is 0 Å². The van der Waals surface area contributed by atoms with Crippen LogP contribution in [0.15, 0.2) is 29.2 Å². The summed E-state index contributed by atoms with van der Waals surface area (Å²) in [5, 5.41) is 0. The standard InChI is InChI=1S/C14H14FNOS2/c1-9(2)8-16-13(17)12(19-14(16)18)7-10-5-3-4-6-11(10)15/h3-7,9H,8H2,1-2H3/b12-7+. The molecule has 1 saturated heterocycles. The maximum atomic E-state index is 13.6. The van der Waals surface area contributed by atoms with Crippen LogP contribution in [0.5, 0.6) is 0 Å². The molecule has 100 valence electrons. The van der Waals surface area contributed by atoms with Gasteiger partial charge in [0, 0.05) is 12.1 Å². The molecule has 1 aromatic rings. The minimum atomic E-state index is -0.336. The van der Waals surface area contributed by atoms with Gasteiger partial charge in [-0.2, -0.15) is 0 Å². The smallest absolute Gasteiger partial charge is 0.266 e. The Kier molecular flexibility index (Phi) is 4.37. The second kappa shape index (κ2) is 5.84. The summed E-state index contributed by atoms with van der Waals surface area (Å²) in [6, 6.07) is 6.38. The molecule has 0 unspecified atom stereocenters. The van der Waals surface area contributed by atoms with Gasteiger partial charge in [0.15, 0.2) is 0 Å². The van der Waals surface area contributed by atoms with E-state index in [0.717, 1.165) is 0 Å². The van der Waals surface area contributed by atoms with Crippen molar-refractivity contribution >= 4 is 40.3 Å². The van der Waals surface area contributed by atoms with Crippen molar-refractivity contribution in [3.63, 3.8) is 0 Å². The molecule has 0 radical (unpaired) electrons. The first kappa shape index (κ1) is 14.2. The van der Waals surface area contributed by atoms with Gasteiger partial charge in [0.1, 0.15) is 10.1 Å². The lowest BCUT2D eigenvalue weighted by atomic mass is 10.2. The molecule has 2 nitrogen and oxygen atoms in total. The van der Waals surface area contributed by atoms with Crippen molar-refractivity contribution in [1.82, 2.24) is 4.90 Å². The number of benzene rings is 1. The van der Waals surface area contributed by atoms with Gasteiger partial charge in [0.05, 0.1) is 4.91 Å². The van der Waals surface area contributed by atoms with Crippen molar-refractivity contribution in [2.75, 3.05) is 6.54 Å². The molecule has 19 heavy (non-hydrogen) atoms. The van der Waals surface area contributed by atoms with Gasteiger partial charge in [-0.15, -0.1) is 0 Å². The number of hydrogen-bond donors (Lipinski definition) is 0. The molecule has 1 fully saturated rings. The molecule has 0 atom stereocenters. The first-order valence-corrected chi connectivity index (χ1v) is 7.21. The molecule has 5 heteroatoms. The maximum Gasteiger partial charge on any atom is 0.266 e. The summed E-state index contributed by atoms with van der Waals surface area (Å²) in [5.74, 6) is -0.126. The van der Waals surface area contributed by atoms with Crippen LogP contribution in [-0.4, -0.2) is 21.7 Å². The summed E-state index contributed by atoms with van der Waals surface area (Å²) in [6.07, 6.45) is 1.56. The molecule has 0 aromatic heterocycles. The van der Waals surface area contributed by atoms with E-state index >= 15 is 0 Å². The number of rotatable bonds is 3. The van der Waals surface area contributed by atoms with Gasteiger partial charge in [-0.3, -0.25) is 9.69 Å². The Morgan fingerprint density at radius 2 is 2.11 bits per heavy atom. The van der Waals surface area contributed by atoms with E-state index in [9.17, 15) is 9.18 Å². The van der Waals surface area contributed by atoms with E-state index in [2.05, 4.69) is 0 Å². The van der Waals surface area contributed by atoms with E-state index in [-0.39, 0.29) is 11.7 Å². The number of nitrogens with zero attached hydrogens (tertiary/aromatic N) is 1. The number of amides is 1. The van der Waals surface area contributed by atoms with Crippen LogP contribution < -0.4 is 0 Å². The molecule has 0 spiro atoms. The Bertz CT molecular complexity index is 554. The van der Waals surface area contributed by atoms with Crippen molar-refractivity contribution in [3.8, 4) is 0 Å². The van der Waals surface area contributed by atoms with Crippen LogP contribution in [0.2, 0.25) is 0 Å². The average Bonchev–Trinajstić information content (AvgIpc) is 2.60. The van der Waals surface area contributed by atoms with Gasteiger partial charge < -0.3 is 0 Å². The highest BCUT2D eigenvalue weighted by Crippen LogP contribution is 2.33. The predicted molar refractivity (Wildman–Crippen MR) is 81.1 cm³/mol. The second-order valence-electron chi connectivity index (χ2n) is 4.71. The van der Waals surface area contributed by atoms with Crippen LogP contribution >= 0.6 is 24.0 Å². The van der Waals surface area contributed by atoms with Gasteiger partial charge in [-0.05, 0) is 18.1 Å². The van der Waals surface area contributed by atoms with E-state index in [1.54, 1.807) is 29.2 Å². The van der Waals surface area contributed by atoms with Gasteiger partial charge in [0.25, 0.3) is 5.91 Å². The molecule has 1 heterocycles. The molecular formula is C14H14FNOS2. The van der Waals surface area contributed by atoms with E-state index in [0.29, 0.717) is 27.3 Å². The fourth-order valence-corrected chi connectivity index (χ4v) is 3.02. The third-order valence-corrected chi connectivity index (χ3v) is 3.99. The lowest BCUT2D eigenvalue weighted by molar-refractivity contribution is -0.122. The first-order valence-electron chi connectivity index (χ1n) is 5.99. The van der Waals surface area contributed by atoms with E-state index in [1.807, 2.05) is 13.8 Å². The number of carbonyl (C=O) groups excluding carboxylic acids is 1. The lowest BCUT2D eigenvalue weighted by Crippen LogP contribution is -2.31. The van der Waals surface area contributed by atoms with Crippen molar-refractivity contribution < 1.29 is 9.18 Å². The fraction of sp³-hybridized carbons (Fsp3) is 0.286. The van der Waals surface area contributed by atoms with Crippen molar-refractivity contribution in [2.45, 2.75) is 13.8 Å². The molecule has 1 aliphatic rings. The average molecular weight is 295 g/mol. The minimum absolute atomic E-state index is 0.132. The van der Waals surface area contributed by atoms with Crippen LogP contribution in [0.4, 0.5) is 4.39 Å². The Morgan fingerprint density at radius 3 is 2.74 bits per heavy atom. The number of thiocarbonyl (C=S) groups is 1. The topological polar surface area (TPSA) is 20.3 Å². The third kappa shape index (κ3) is 3.22. The van der Waals surface area contributed by atoms with Gasteiger partial charge in [-0.25, -0.2) is 4.39 Å². The quantitative estimate of drug-likeness (QED) is 0.626. The van der Waals surface area contributed by atoms with Crippen LogP contribution in [0.1, 0.15) is 19.4 Å². The van der Waals surface area contributed by atoms with Crippen LogP contribution in [-0.2, 0) is 4.79 Å². The highest BCUT2D eigenvalue weighted by atomic mass is 32.2. The van der Waals surface area contributed by atoms with Crippen LogP contribution in [0.25, 0.3) is 6.08 Å². The summed E-state index contributed by atoms with van der Waals surface area (Å²) in [4.78, 5) is 14.3. The van der Waals surface area contributed by atoms with Gasteiger partial charge >= 0.3 is 0 Å². The number of carbonyl (C=O) groups is 1. The van der Waals surface area contributed by atoms with Crippen molar-refractivity contribution in [3.05, 3.63) is 40.6 Å². The minimum Gasteiger partial charge on any atom is -0.293 e. The normalized spacial score (nSPS) is 17.9. The Labute approximate surface area is 121 Å². The van der Waals surface area contributed by atoms with Crippen LogP contribution in [0.3, 0.4) is 0 Å². The summed E-state index contributed by atoms with van der Waals surface area (Å²) in [5.41, 5.74) is 0.410. The summed E-state index contributed by atoms with van der Waals surface area (Å²) in [7, 11) is 0. The zero-order valence-electron chi connectivity index (χ0n) is 10.7. The first-order chi connectivity index (χ1) is 8.99. The molecule has 0 bridgehead atoms. The number of hydrogen-bond acceptors (Lipinski definition) is 3. The lowest BCUT2D eigenvalue weighted by Gasteiger charge is -2.16. The number of thioether (sulfide) groups is 1. The summed E-state index contributed by atoms with van der Waals surface area (Å²) < 4.78 is 14.1. The van der Waals surface area contributed by atoms with Gasteiger partial charge in [-0.1, -0.05) is 56.0 Å². The van der Waals surface area contributed by atoms with Crippen LogP contribution in [0, 0.1) is 11.7 Å². The molecule has 1 aromatic carbocycles. The van der Waals surface area contributed by atoms with Crippen molar-refractivity contribution in [1.29, 1.82) is 0 Å². The molecule has 1 amide bonds. The second-order valence-corrected chi connectivity index (χ2v) is 6.38. The van der Waals surface area contributed by atoms with E-state index in [1.165, 1.54) is 17.8 Å². The molecule has 0 aliphatic carbocycles. The predicted octanol–water partition coefficient (Wildman–Crippen LogP) is 3.68. The Morgan fingerprint density at radius 1 is 1.42 bits per heavy atom. The zero-order valence-corrected chi connectivity index (χ0v) is 12.4. The highest BCUT2D eigenvalue weighted by molar-refractivity contribution is 8.26. The Balaban J connectivity index is 2.26. The molecule has 0 saturated carbocycles. The summed E-state index contributed by atoms with van der Waals surface area (Å²) >= 11 is 6.43. The molecule has 0 N–H and O–H groups in total. The SMILES string of the molecule is CC(C)CN1C(=O)/C(=C\c2ccccc2F)SC1=S. The molecule has 2 rings (SSSR count). The highest BCUT2D eigenvalue weighted by Gasteiger charge is 2.32. The maximum absolute atomic E-state index is 13.6. The Hall–Kier alpha value is -1.20. The zero-order chi connectivity index (χ0) is 14.0. The molecular weight excluding hydrogens is 281 g/mol.